The first-order valence-corrected chi connectivity index (χ1v) is 8.94. The van der Waals surface area contributed by atoms with Crippen LogP contribution in [0.25, 0.3) is 0 Å². The molecule has 0 rings (SSSR count). The number of hydrogen-bond donors (Lipinski definition) is 1. The molecule has 0 fully saturated rings. The van der Waals surface area contributed by atoms with Crippen molar-refractivity contribution in [2.75, 3.05) is 0 Å². The van der Waals surface area contributed by atoms with E-state index in [0.29, 0.717) is 0 Å². The van der Waals surface area contributed by atoms with E-state index in [-0.39, 0.29) is 6.42 Å². The number of aliphatic carboxylic acids is 1. The largest absolute Gasteiger partial charge is 0.481 e. The minimum absolute atomic E-state index is 0.155. The van der Waals surface area contributed by atoms with E-state index in [2.05, 4.69) is 31.2 Å². The summed E-state index contributed by atoms with van der Waals surface area (Å²) in [6.07, 6.45) is 26.5. The standard InChI is InChI=1S/C20H34O2/c1-2-3-4-5-6-7-8-9-10-11-12-13-14-15-16-17-18-19-20(21)22/h3-4,7-8,17-18H,2,5-6,9-16,19H2,1H3,(H,21,22). The van der Waals surface area contributed by atoms with Crippen LogP contribution >= 0.6 is 0 Å². The van der Waals surface area contributed by atoms with Gasteiger partial charge in [0, 0.05) is 0 Å². The molecule has 0 unspecified atom stereocenters. The molecule has 0 amide bonds. The van der Waals surface area contributed by atoms with Crippen molar-refractivity contribution >= 4 is 5.97 Å². The molecule has 0 aliphatic rings. The molecule has 0 aromatic rings. The van der Waals surface area contributed by atoms with E-state index in [1.54, 1.807) is 6.08 Å². The Morgan fingerprint density at radius 2 is 1.14 bits per heavy atom. The molecule has 0 radical (unpaired) electrons. The number of carboxylic acid groups (broad SMARTS) is 1. The summed E-state index contributed by atoms with van der Waals surface area (Å²) in [6.45, 7) is 2.17. The summed E-state index contributed by atoms with van der Waals surface area (Å²) in [7, 11) is 0. The van der Waals surface area contributed by atoms with Crippen LogP contribution < -0.4 is 0 Å². The Hall–Kier alpha value is -1.31. The van der Waals surface area contributed by atoms with Gasteiger partial charge in [-0.05, 0) is 44.9 Å². The zero-order valence-corrected chi connectivity index (χ0v) is 14.3. The van der Waals surface area contributed by atoms with Crippen molar-refractivity contribution in [3.8, 4) is 0 Å². The molecule has 2 nitrogen and oxygen atoms in total. The summed E-state index contributed by atoms with van der Waals surface area (Å²) in [5.74, 6) is -0.747. The summed E-state index contributed by atoms with van der Waals surface area (Å²) >= 11 is 0. The minimum Gasteiger partial charge on any atom is -0.481 e. The summed E-state index contributed by atoms with van der Waals surface area (Å²) in [5.41, 5.74) is 0. The average Bonchev–Trinajstić information content (AvgIpc) is 2.50. The molecule has 0 aromatic heterocycles. The molecule has 0 atom stereocenters. The molecule has 22 heavy (non-hydrogen) atoms. The first-order valence-electron chi connectivity index (χ1n) is 8.94. The molecule has 0 saturated carbocycles. The maximum absolute atomic E-state index is 10.3. The third kappa shape index (κ3) is 18.7. The van der Waals surface area contributed by atoms with E-state index in [1.165, 1.54) is 57.8 Å². The van der Waals surface area contributed by atoms with Crippen molar-refractivity contribution in [1.29, 1.82) is 0 Å². The van der Waals surface area contributed by atoms with Gasteiger partial charge < -0.3 is 5.11 Å². The van der Waals surface area contributed by atoms with Crippen LogP contribution in [-0.2, 0) is 4.79 Å². The number of allylic oxidation sites excluding steroid dienone is 5. The highest BCUT2D eigenvalue weighted by Gasteiger charge is 1.91. The SMILES string of the molecule is CCC=CCCC=CCCCCCCCCC=CCC(=O)O. The lowest BCUT2D eigenvalue weighted by molar-refractivity contribution is -0.136. The van der Waals surface area contributed by atoms with Crippen LogP contribution in [0, 0.1) is 0 Å². The van der Waals surface area contributed by atoms with Crippen molar-refractivity contribution in [1.82, 2.24) is 0 Å². The number of carboxylic acids is 1. The highest BCUT2D eigenvalue weighted by atomic mass is 16.4. The van der Waals surface area contributed by atoms with Gasteiger partial charge in [-0.1, -0.05) is 69.1 Å². The molecule has 1 N–H and O–H groups in total. The van der Waals surface area contributed by atoms with Gasteiger partial charge in [0.25, 0.3) is 0 Å². The summed E-state index contributed by atoms with van der Waals surface area (Å²) in [6, 6.07) is 0. The van der Waals surface area contributed by atoms with Gasteiger partial charge in [-0.3, -0.25) is 4.79 Å². The number of hydrogen-bond acceptors (Lipinski definition) is 1. The third-order valence-corrected chi connectivity index (χ3v) is 3.52. The van der Waals surface area contributed by atoms with Crippen LogP contribution in [0.15, 0.2) is 36.5 Å². The Morgan fingerprint density at radius 1 is 0.682 bits per heavy atom. The second-order valence-electron chi connectivity index (χ2n) is 5.70. The topological polar surface area (TPSA) is 37.3 Å². The van der Waals surface area contributed by atoms with Crippen LogP contribution in [0.3, 0.4) is 0 Å². The fraction of sp³-hybridized carbons (Fsp3) is 0.650. The van der Waals surface area contributed by atoms with Gasteiger partial charge in [-0.2, -0.15) is 0 Å². The van der Waals surface area contributed by atoms with E-state index >= 15 is 0 Å². The average molecular weight is 306 g/mol. The Labute approximate surface area is 137 Å². The molecule has 0 aliphatic heterocycles. The Bertz CT molecular complexity index is 327. The lowest BCUT2D eigenvalue weighted by Gasteiger charge is -1.99. The van der Waals surface area contributed by atoms with Crippen LogP contribution in [0.4, 0.5) is 0 Å². The predicted molar refractivity (Wildman–Crippen MR) is 96.1 cm³/mol. The smallest absolute Gasteiger partial charge is 0.307 e. The first kappa shape index (κ1) is 20.7. The number of unbranched alkanes of at least 4 members (excludes halogenated alkanes) is 8. The Morgan fingerprint density at radius 3 is 1.68 bits per heavy atom. The van der Waals surface area contributed by atoms with E-state index in [4.69, 9.17) is 5.11 Å². The lowest BCUT2D eigenvalue weighted by Crippen LogP contribution is -1.89. The maximum atomic E-state index is 10.3. The van der Waals surface area contributed by atoms with Gasteiger partial charge in [0.1, 0.15) is 0 Å². The molecule has 0 bridgehead atoms. The van der Waals surface area contributed by atoms with Gasteiger partial charge >= 0.3 is 5.97 Å². The van der Waals surface area contributed by atoms with Crippen LogP contribution in [-0.4, -0.2) is 11.1 Å². The molecule has 0 heterocycles. The van der Waals surface area contributed by atoms with Crippen molar-refractivity contribution in [3.05, 3.63) is 36.5 Å². The van der Waals surface area contributed by atoms with Crippen molar-refractivity contribution in [2.45, 2.75) is 84.0 Å². The lowest BCUT2D eigenvalue weighted by atomic mass is 10.1. The number of carbonyl (C=O) groups is 1. The van der Waals surface area contributed by atoms with E-state index < -0.39 is 5.97 Å². The fourth-order valence-corrected chi connectivity index (χ4v) is 2.25. The molecule has 126 valence electrons. The minimum atomic E-state index is -0.747. The maximum Gasteiger partial charge on any atom is 0.307 e. The van der Waals surface area contributed by atoms with E-state index in [0.717, 1.165) is 12.8 Å². The first-order chi connectivity index (χ1) is 10.8. The summed E-state index contributed by atoms with van der Waals surface area (Å²) < 4.78 is 0. The van der Waals surface area contributed by atoms with E-state index in [1.807, 2.05) is 6.08 Å². The van der Waals surface area contributed by atoms with Crippen molar-refractivity contribution in [2.24, 2.45) is 0 Å². The molecule has 0 saturated heterocycles. The van der Waals surface area contributed by atoms with Gasteiger partial charge in [-0.15, -0.1) is 0 Å². The van der Waals surface area contributed by atoms with Gasteiger partial charge in [0.05, 0.1) is 6.42 Å². The van der Waals surface area contributed by atoms with Gasteiger partial charge in [-0.25, -0.2) is 0 Å². The fourth-order valence-electron chi connectivity index (χ4n) is 2.25. The molecule has 2 heteroatoms. The highest BCUT2D eigenvalue weighted by Crippen LogP contribution is 2.09. The molecular weight excluding hydrogens is 272 g/mol. The van der Waals surface area contributed by atoms with Crippen molar-refractivity contribution < 1.29 is 9.90 Å². The zero-order valence-electron chi connectivity index (χ0n) is 14.3. The molecule has 0 aromatic carbocycles. The van der Waals surface area contributed by atoms with Crippen LogP contribution in [0.5, 0.6) is 0 Å². The van der Waals surface area contributed by atoms with Crippen LogP contribution in [0.2, 0.25) is 0 Å². The second kappa shape index (κ2) is 17.7. The van der Waals surface area contributed by atoms with E-state index in [9.17, 15) is 4.79 Å². The highest BCUT2D eigenvalue weighted by molar-refractivity contribution is 5.68. The number of rotatable bonds is 15. The normalized spacial score (nSPS) is 12.0. The Kier molecular flexibility index (Phi) is 16.7. The predicted octanol–water partition coefficient (Wildman–Crippen LogP) is 6.44. The third-order valence-electron chi connectivity index (χ3n) is 3.52. The van der Waals surface area contributed by atoms with Gasteiger partial charge in [0.2, 0.25) is 0 Å². The molecule has 0 spiro atoms. The van der Waals surface area contributed by atoms with Gasteiger partial charge in [0.15, 0.2) is 0 Å². The second-order valence-corrected chi connectivity index (χ2v) is 5.70. The quantitative estimate of drug-likeness (QED) is 0.279. The summed E-state index contributed by atoms with van der Waals surface area (Å²) in [5, 5.41) is 8.48. The monoisotopic (exact) mass is 306 g/mol. The van der Waals surface area contributed by atoms with Crippen LogP contribution in [0.1, 0.15) is 84.0 Å². The van der Waals surface area contributed by atoms with Crippen molar-refractivity contribution in [3.63, 3.8) is 0 Å². The Balaban J connectivity index is 3.17. The zero-order chi connectivity index (χ0) is 16.3. The molecule has 0 aliphatic carbocycles. The molecular formula is C20H34O2. The summed E-state index contributed by atoms with van der Waals surface area (Å²) in [4.78, 5) is 10.3.